The Labute approximate surface area is 71.1 Å². The van der Waals surface area contributed by atoms with Crippen molar-refractivity contribution in [3.8, 4) is 0 Å². The number of amides is 1. The van der Waals surface area contributed by atoms with E-state index in [9.17, 15) is 9.59 Å². The maximum atomic E-state index is 10.3. The van der Waals surface area contributed by atoms with Gasteiger partial charge in [0.1, 0.15) is 0 Å². The molecule has 0 aliphatic rings. The number of rotatable bonds is 4. The van der Waals surface area contributed by atoms with E-state index >= 15 is 0 Å². The molecule has 12 heavy (non-hydrogen) atoms. The Kier molecular flexibility index (Phi) is 3.47. The van der Waals surface area contributed by atoms with E-state index in [-0.39, 0.29) is 6.42 Å². The average Bonchev–Trinajstić information content (AvgIpc) is 1.81. The number of hydrogen-bond donors (Lipinski definition) is 2. The third-order valence-corrected chi connectivity index (χ3v) is 1.31. The lowest BCUT2D eigenvalue weighted by Crippen LogP contribution is -2.15. The summed E-state index contributed by atoms with van der Waals surface area (Å²) in [6.45, 7) is 3.45. The first-order valence-electron chi connectivity index (χ1n) is 3.54. The second kappa shape index (κ2) is 3.90. The van der Waals surface area contributed by atoms with Crippen LogP contribution in [0.1, 0.15) is 20.3 Å². The third kappa shape index (κ3) is 5.46. The summed E-state index contributed by atoms with van der Waals surface area (Å²) in [5, 5.41) is 8.46. The van der Waals surface area contributed by atoms with Crippen LogP contribution in [0.5, 0.6) is 0 Å². The van der Waals surface area contributed by atoms with Crippen molar-refractivity contribution in [2.45, 2.75) is 20.3 Å². The zero-order chi connectivity index (χ0) is 9.78. The number of carboxylic acids is 1. The standard InChI is InChI=1S/C8H13NO3/c1-8(2,5-7(11)12)4-3-6(9)10/h3-4H,5H2,1-2H3,(H2,9,10)(H,11,12). The summed E-state index contributed by atoms with van der Waals surface area (Å²) in [5.74, 6) is -1.46. The van der Waals surface area contributed by atoms with Crippen molar-refractivity contribution in [1.29, 1.82) is 0 Å². The van der Waals surface area contributed by atoms with Crippen molar-refractivity contribution in [2.75, 3.05) is 0 Å². The van der Waals surface area contributed by atoms with Crippen molar-refractivity contribution in [1.82, 2.24) is 0 Å². The molecule has 0 aliphatic heterocycles. The van der Waals surface area contributed by atoms with Gasteiger partial charge in [0.05, 0.1) is 6.42 Å². The minimum Gasteiger partial charge on any atom is -0.481 e. The van der Waals surface area contributed by atoms with E-state index in [0.29, 0.717) is 0 Å². The SMILES string of the molecule is CC(C)(C=CC(N)=O)CC(=O)O. The van der Waals surface area contributed by atoms with Crippen molar-refractivity contribution in [3.05, 3.63) is 12.2 Å². The van der Waals surface area contributed by atoms with Crippen LogP contribution in [-0.4, -0.2) is 17.0 Å². The Morgan fingerprint density at radius 3 is 2.33 bits per heavy atom. The molecule has 0 aromatic carbocycles. The highest BCUT2D eigenvalue weighted by Gasteiger charge is 2.17. The summed E-state index contributed by atoms with van der Waals surface area (Å²) < 4.78 is 0. The Morgan fingerprint density at radius 1 is 1.50 bits per heavy atom. The first kappa shape index (κ1) is 10.7. The first-order chi connectivity index (χ1) is 5.33. The number of carbonyl (C=O) groups excluding carboxylic acids is 1. The molecule has 0 bridgehead atoms. The lowest BCUT2D eigenvalue weighted by molar-refractivity contribution is -0.138. The van der Waals surface area contributed by atoms with Crippen LogP contribution in [-0.2, 0) is 9.59 Å². The fraction of sp³-hybridized carbons (Fsp3) is 0.500. The number of nitrogens with two attached hydrogens (primary N) is 1. The van der Waals surface area contributed by atoms with E-state index in [0.717, 1.165) is 0 Å². The van der Waals surface area contributed by atoms with Gasteiger partial charge in [-0.05, 0) is 11.5 Å². The maximum absolute atomic E-state index is 10.3. The lowest BCUT2D eigenvalue weighted by atomic mass is 9.89. The molecule has 0 fully saturated rings. The lowest BCUT2D eigenvalue weighted by Gasteiger charge is -2.16. The Bertz CT molecular complexity index is 218. The zero-order valence-corrected chi connectivity index (χ0v) is 7.20. The molecule has 0 aromatic heterocycles. The number of aliphatic carboxylic acids is 1. The van der Waals surface area contributed by atoms with E-state index in [1.54, 1.807) is 13.8 Å². The topological polar surface area (TPSA) is 80.4 Å². The van der Waals surface area contributed by atoms with Crippen LogP contribution in [0, 0.1) is 5.41 Å². The third-order valence-electron chi connectivity index (χ3n) is 1.31. The summed E-state index contributed by atoms with van der Waals surface area (Å²) >= 11 is 0. The molecule has 0 saturated heterocycles. The summed E-state index contributed by atoms with van der Waals surface area (Å²) in [6, 6.07) is 0. The van der Waals surface area contributed by atoms with E-state index in [1.807, 2.05) is 0 Å². The molecule has 0 aliphatic carbocycles. The second-order valence-corrected chi connectivity index (χ2v) is 3.29. The molecule has 0 saturated carbocycles. The molecule has 0 rings (SSSR count). The molecule has 1 amide bonds. The highest BCUT2D eigenvalue weighted by molar-refractivity contribution is 5.85. The fourth-order valence-corrected chi connectivity index (χ4v) is 0.756. The van der Waals surface area contributed by atoms with Gasteiger partial charge in [0.25, 0.3) is 0 Å². The molecule has 4 nitrogen and oxygen atoms in total. The predicted molar refractivity (Wildman–Crippen MR) is 44.4 cm³/mol. The number of carbonyl (C=O) groups is 2. The maximum Gasteiger partial charge on any atom is 0.304 e. The molecule has 0 radical (unpaired) electrons. The van der Waals surface area contributed by atoms with Crippen LogP contribution < -0.4 is 5.73 Å². The highest BCUT2D eigenvalue weighted by Crippen LogP contribution is 2.21. The Hall–Kier alpha value is -1.32. The van der Waals surface area contributed by atoms with Gasteiger partial charge in [-0.25, -0.2) is 0 Å². The minimum absolute atomic E-state index is 0.0171. The summed E-state index contributed by atoms with van der Waals surface area (Å²) in [4.78, 5) is 20.6. The van der Waals surface area contributed by atoms with E-state index in [4.69, 9.17) is 10.8 Å². The molecule has 0 atom stereocenters. The Balaban J connectivity index is 4.21. The van der Waals surface area contributed by atoms with Crippen LogP contribution in [0.4, 0.5) is 0 Å². The molecule has 68 valence electrons. The molecule has 0 spiro atoms. The largest absolute Gasteiger partial charge is 0.481 e. The van der Waals surface area contributed by atoms with E-state index in [2.05, 4.69) is 0 Å². The normalized spacial score (nSPS) is 11.8. The van der Waals surface area contributed by atoms with Crippen molar-refractivity contribution < 1.29 is 14.7 Å². The van der Waals surface area contributed by atoms with Crippen LogP contribution >= 0.6 is 0 Å². The molecule has 0 heterocycles. The van der Waals surface area contributed by atoms with Crippen molar-refractivity contribution >= 4 is 11.9 Å². The number of allylic oxidation sites excluding steroid dienone is 1. The average molecular weight is 171 g/mol. The molecular weight excluding hydrogens is 158 g/mol. The molecule has 0 unspecified atom stereocenters. The highest BCUT2D eigenvalue weighted by atomic mass is 16.4. The second-order valence-electron chi connectivity index (χ2n) is 3.29. The fourth-order valence-electron chi connectivity index (χ4n) is 0.756. The molecule has 3 N–H and O–H groups in total. The summed E-state index contributed by atoms with van der Waals surface area (Å²) in [5.41, 5.74) is 4.33. The predicted octanol–water partition coefficient (Wildman–Crippen LogP) is 0.529. The van der Waals surface area contributed by atoms with Gasteiger partial charge in [0.2, 0.25) is 5.91 Å². The van der Waals surface area contributed by atoms with E-state index < -0.39 is 17.3 Å². The first-order valence-corrected chi connectivity index (χ1v) is 3.54. The molecule has 4 heteroatoms. The van der Waals surface area contributed by atoms with Gasteiger partial charge in [-0.15, -0.1) is 0 Å². The molecule has 0 aromatic rings. The van der Waals surface area contributed by atoms with Crippen LogP contribution in [0.3, 0.4) is 0 Å². The van der Waals surface area contributed by atoms with Crippen molar-refractivity contribution in [2.24, 2.45) is 11.1 Å². The van der Waals surface area contributed by atoms with Gasteiger partial charge in [0, 0.05) is 0 Å². The minimum atomic E-state index is -0.894. The van der Waals surface area contributed by atoms with Crippen LogP contribution in [0.25, 0.3) is 0 Å². The van der Waals surface area contributed by atoms with Gasteiger partial charge in [-0.2, -0.15) is 0 Å². The van der Waals surface area contributed by atoms with Crippen LogP contribution in [0.2, 0.25) is 0 Å². The van der Waals surface area contributed by atoms with Gasteiger partial charge in [-0.3, -0.25) is 9.59 Å². The number of hydrogen-bond acceptors (Lipinski definition) is 2. The van der Waals surface area contributed by atoms with Gasteiger partial charge in [0.15, 0.2) is 0 Å². The number of primary amides is 1. The smallest absolute Gasteiger partial charge is 0.304 e. The van der Waals surface area contributed by atoms with Gasteiger partial charge in [-0.1, -0.05) is 19.9 Å². The summed E-state index contributed by atoms with van der Waals surface area (Å²) in [6.07, 6.45) is 2.67. The van der Waals surface area contributed by atoms with Gasteiger partial charge < -0.3 is 10.8 Å². The zero-order valence-electron chi connectivity index (χ0n) is 7.20. The van der Waals surface area contributed by atoms with E-state index in [1.165, 1.54) is 12.2 Å². The summed E-state index contributed by atoms with van der Waals surface area (Å²) in [7, 11) is 0. The van der Waals surface area contributed by atoms with Gasteiger partial charge >= 0.3 is 5.97 Å². The quantitative estimate of drug-likeness (QED) is 0.605. The number of carboxylic acid groups (broad SMARTS) is 1. The monoisotopic (exact) mass is 171 g/mol. The Morgan fingerprint density at radius 2 is 2.00 bits per heavy atom. The van der Waals surface area contributed by atoms with Crippen LogP contribution in [0.15, 0.2) is 12.2 Å². The molecular formula is C8H13NO3. The van der Waals surface area contributed by atoms with Crippen molar-refractivity contribution in [3.63, 3.8) is 0 Å².